The smallest absolute Gasteiger partial charge is 0.339 e. The Hall–Kier alpha value is -4.92. The van der Waals surface area contributed by atoms with Gasteiger partial charge in [0, 0.05) is 11.8 Å². The number of fused-ring (bicyclic) bond motifs is 6. The maximum atomic E-state index is 14.2. The van der Waals surface area contributed by atoms with E-state index in [1.54, 1.807) is 42.6 Å². The fourth-order valence-electron chi connectivity index (χ4n) is 6.27. The fraction of sp³-hybridized carbons (Fsp3) is 0.200. The number of amides is 2. The molecule has 2 amide bonds. The van der Waals surface area contributed by atoms with Crippen molar-refractivity contribution in [1.29, 1.82) is 0 Å². The predicted octanol–water partition coefficient (Wildman–Crippen LogP) is 3.60. The minimum Gasteiger partial charge on any atom is -0.465 e. The summed E-state index contributed by atoms with van der Waals surface area (Å²) in [6.45, 7) is 0.0659. The third-order valence-corrected chi connectivity index (χ3v) is 7.94. The monoisotopic (exact) mass is 522 g/mol. The number of carbonyl (C=O) groups excluding carboxylic acids is 4. The van der Waals surface area contributed by atoms with Gasteiger partial charge in [0.1, 0.15) is 6.04 Å². The van der Waals surface area contributed by atoms with Crippen molar-refractivity contribution in [1.82, 2.24) is 4.90 Å². The van der Waals surface area contributed by atoms with E-state index in [0.29, 0.717) is 17.1 Å². The molecule has 39 heavy (non-hydrogen) atoms. The number of nitrogens with zero attached hydrogens (tertiary/aromatic N) is 2. The number of methoxy groups -OCH3 is 1. The summed E-state index contributed by atoms with van der Waals surface area (Å²) in [5.74, 6) is -2.77. The molecular formula is C30H22N2O7. The molecular weight excluding hydrogens is 500 g/mol. The van der Waals surface area contributed by atoms with Gasteiger partial charge in [-0.15, -0.1) is 0 Å². The Balaban J connectivity index is 1.37. The minimum atomic E-state index is -0.970. The molecule has 9 nitrogen and oxygen atoms in total. The Kier molecular flexibility index (Phi) is 5.09. The maximum Gasteiger partial charge on any atom is 0.339 e. The predicted molar refractivity (Wildman–Crippen MR) is 138 cm³/mol. The number of esters is 1. The van der Waals surface area contributed by atoms with Gasteiger partial charge in [-0.1, -0.05) is 36.4 Å². The van der Waals surface area contributed by atoms with E-state index in [9.17, 15) is 19.2 Å². The van der Waals surface area contributed by atoms with Crippen molar-refractivity contribution in [3.63, 3.8) is 0 Å². The summed E-state index contributed by atoms with van der Waals surface area (Å²) < 4.78 is 15.8. The Morgan fingerprint density at radius 2 is 1.64 bits per heavy atom. The number of anilines is 1. The number of ketones is 1. The highest BCUT2D eigenvalue weighted by atomic mass is 16.7. The number of benzene rings is 3. The molecule has 0 bridgehead atoms. The van der Waals surface area contributed by atoms with Crippen LogP contribution in [0.4, 0.5) is 5.69 Å². The number of rotatable bonds is 4. The number of Topliss-reactive ketones (excluding diaryl/α,β-unsaturated/α-hetero) is 1. The van der Waals surface area contributed by atoms with Crippen molar-refractivity contribution in [3.8, 4) is 11.5 Å². The lowest BCUT2D eigenvalue weighted by Gasteiger charge is -2.35. The lowest BCUT2D eigenvalue weighted by atomic mass is 9.83. The first-order valence-corrected chi connectivity index (χ1v) is 12.5. The van der Waals surface area contributed by atoms with Crippen LogP contribution in [0.1, 0.15) is 37.9 Å². The second-order valence-electron chi connectivity index (χ2n) is 9.79. The van der Waals surface area contributed by atoms with Crippen molar-refractivity contribution in [2.45, 2.75) is 12.1 Å². The quantitative estimate of drug-likeness (QED) is 0.291. The molecule has 4 atom stereocenters. The second-order valence-corrected chi connectivity index (χ2v) is 9.79. The molecule has 9 heteroatoms. The van der Waals surface area contributed by atoms with Crippen molar-refractivity contribution < 1.29 is 33.4 Å². The zero-order valence-corrected chi connectivity index (χ0v) is 20.8. The summed E-state index contributed by atoms with van der Waals surface area (Å²) in [6, 6.07) is 17.4. The number of carbonyl (C=O) groups is 4. The molecule has 4 unspecified atom stereocenters. The summed E-state index contributed by atoms with van der Waals surface area (Å²) in [6.07, 6.45) is 3.69. The standard InChI is InChI=1S/C30H22N2O7/c1-37-30(36)19-8-4-5-9-20(19)32-28(34)23-24(29(32)35)26(27(33)17-10-11-21-22(14-17)39-15-38-21)31-13-12-16-6-2-3-7-18(16)25(23)31/h2-14,23-26H,15H2,1H3. The van der Waals surface area contributed by atoms with E-state index in [2.05, 4.69) is 0 Å². The molecule has 2 fully saturated rings. The molecule has 7 rings (SSSR count). The van der Waals surface area contributed by atoms with E-state index in [1.807, 2.05) is 35.2 Å². The van der Waals surface area contributed by atoms with Gasteiger partial charge < -0.3 is 19.1 Å². The Morgan fingerprint density at radius 1 is 0.897 bits per heavy atom. The Bertz CT molecular complexity index is 1610. The van der Waals surface area contributed by atoms with Crippen LogP contribution in [0.15, 0.2) is 72.9 Å². The van der Waals surface area contributed by atoms with Gasteiger partial charge in [0.15, 0.2) is 17.3 Å². The summed E-state index contributed by atoms with van der Waals surface area (Å²) >= 11 is 0. The number of hydrogen-bond donors (Lipinski definition) is 0. The average Bonchev–Trinajstić information content (AvgIpc) is 3.65. The van der Waals surface area contributed by atoms with Crippen LogP contribution in [-0.4, -0.2) is 48.4 Å². The number of hydrogen-bond acceptors (Lipinski definition) is 8. The number of ether oxygens (including phenoxy) is 3. The molecule has 3 aromatic rings. The molecule has 0 aromatic heterocycles. The highest BCUT2D eigenvalue weighted by molar-refractivity contribution is 6.26. The van der Waals surface area contributed by atoms with Crippen molar-refractivity contribution in [2.75, 3.05) is 18.8 Å². The highest BCUT2D eigenvalue weighted by Crippen LogP contribution is 2.54. The number of para-hydroxylation sites is 1. The van der Waals surface area contributed by atoms with Crippen molar-refractivity contribution in [2.24, 2.45) is 11.8 Å². The molecule has 4 heterocycles. The molecule has 0 N–H and O–H groups in total. The summed E-state index contributed by atoms with van der Waals surface area (Å²) in [7, 11) is 1.24. The van der Waals surface area contributed by atoms with Crippen LogP contribution < -0.4 is 14.4 Å². The third-order valence-electron chi connectivity index (χ3n) is 7.94. The topological polar surface area (TPSA) is 102 Å². The molecule has 4 aliphatic rings. The first-order valence-electron chi connectivity index (χ1n) is 12.5. The van der Waals surface area contributed by atoms with Gasteiger partial charge in [-0.25, -0.2) is 9.69 Å². The molecule has 3 aromatic carbocycles. The third kappa shape index (κ3) is 3.26. The van der Waals surface area contributed by atoms with Gasteiger partial charge in [0.2, 0.25) is 18.6 Å². The Morgan fingerprint density at radius 3 is 2.49 bits per heavy atom. The van der Waals surface area contributed by atoms with Crippen LogP contribution >= 0.6 is 0 Å². The first-order chi connectivity index (χ1) is 19.0. The molecule has 0 saturated carbocycles. The second kappa shape index (κ2) is 8.56. The van der Waals surface area contributed by atoms with Crippen LogP contribution in [0, 0.1) is 11.8 Å². The van der Waals surface area contributed by atoms with Gasteiger partial charge in [-0.2, -0.15) is 0 Å². The van der Waals surface area contributed by atoms with Crippen LogP contribution in [0.2, 0.25) is 0 Å². The Labute approximate surface area is 223 Å². The molecule has 194 valence electrons. The van der Waals surface area contributed by atoms with Crippen LogP contribution in [0.25, 0.3) is 6.08 Å². The molecule has 0 aliphatic carbocycles. The van der Waals surface area contributed by atoms with Crippen molar-refractivity contribution in [3.05, 3.63) is 95.2 Å². The zero-order chi connectivity index (χ0) is 26.8. The van der Waals surface area contributed by atoms with Crippen LogP contribution in [-0.2, 0) is 14.3 Å². The molecule has 0 radical (unpaired) electrons. The number of imide groups is 1. The maximum absolute atomic E-state index is 14.2. The fourth-order valence-corrected chi connectivity index (χ4v) is 6.27. The van der Waals surface area contributed by atoms with E-state index in [4.69, 9.17) is 14.2 Å². The highest BCUT2D eigenvalue weighted by Gasteiger charge is 2.64. The van der Waals surface area contributed by atoms with Gasteiger partial charge in [0.25, 0.3) is 0 Å². The summed E-state index contributed by atoms with van der Waals surface area (Å²) in [4.78, 5) is 57.9. The molecule has 0 spiro atoms. The normalized spacial score (nSPS) is 23.9. The van der Waals surface area contributed by atoms with E-state index in [-0.39, 0.29) is 23.8 Å². The SMILES string of the molecule is COC(=O)c1ccccc1N1C(=O)C2C(C1=O)C1c3ccccc3C=CN1C2C(=O)c1ccc2c(c1)OCO2. The zero-order valence-electron chi connectivity index (χ0n) is 20.8. The summed E-state index contributed by atoms with van der Waals surface area (Å²) in [5.41, 5.74) is 2.38. The first kappa shape index (κ1) is 23.2. The van der Waals surface area contributed by atoms with Gasteiger partial charge in [-0.3, -0.25) is 14.4 Å². The lowest BCUT2D eigenvalue weighted by molar-refractivity contribution is -0.123. The molecule has 4 aliphatic heterocycles. The van der Waals surface area contributed by atoms with E-state index in [1.165, 1.54) is 13.2 Å². The molecule has 2 saturated heterocycles. The van der Waals surface area contributed by atoms with Gasteiger partial charge in [-0.05, 0) is 47.5 Å². The van der Waals surface area contributed by atoms with Crippen LogP contribution in [0.5, 0.6) is 11.5 Å². The largest absolute Gasteiger partial charge is 0.465 e. The average molecular weight is 523 g/mol. The van der Waals surface area contributed by atoms with E-state index in [0.717, 1.165) is 16.0 Å². The van der Waals surface area contributed by atoms with Gasteiger partial charge >= 0.3 is 5.97 Å². The van der Waals surface area contributed by atoms with E-state index >= 15 is 0 Å². The minimum absolute atomic E-state index is 0.0659. The van der Waals surface area contributed by atoms with Gasteiger partial charge in [0.05, 0.1) is 36.2 Å². The summed E-state index contributed by atoms with van der Waals surface area (Å²) in [5, 5.41) is 0. The van der Waals surface area contributed by atoms with Crippen molar-refractivity contribution >= 4 is 35.3 Å². The lowest BCUT2D eigenvalue weighted by Crippen LogP contribution is -2.44. The van der Waals surface area contributed by atoms with Crippen LogP contribution in [0.3, 0.4) is 0 Å². The van der Waals surface area contributed by atoms with E-state index < -0.39 is 41.7 Å².